The molecule has 1 aromatic carbocycles. The summed E-state index contributed by atoms with van der Waals surface area (Å²) in [5, 5.41) is 8.06. The van der Waals surface area contributed by atoms with Gasteiger partial charge >= 0.3 is 0 Å². The Hall–Kier alpha value is -3.32. The lowest BCUT2D eigenvalue weighted by Gasteiger charge is -2.15. The summed E-state index contributed by atoms with van der Waals surface area (Å²) < 4.78 is 15.9. The van der Waals surface area contributed by atoms with E-state index in [9.17, 15) is 9.18 Å². The minimum Gasteiger partial charge on any atom is -0.368 e. The molecule has 146 valence electrons. The number of pyridine rings is 2. The summed E-state index contributed by atoms with van der Waals surface area (Å²) in [7, 11) is 0. The zero-order valence-electron chi connectivity index (χ0n) is 15.3. The van der Waals surface area contributed by atoms with Gasteiger partial charge in [-0.2, -0.15) is 0 Å². The summed E-state index contributed by atoms with van der Waals surface area (Å²) in [5.74, 6) is 0.348. The van der Waals surface area contributed by atoms with Gasteiger partial charge in [-0.3, -0.25) is 9.36 Å². The molecule has 5 rings (SSSR count). The number of halogens is 2. The van der Waals surface area contributed by atoms with Gasteiger partial charge in [0, 0.05) is 47.9 Å². The lowest BCUT2D eigenvalue weighted by atomic mass is 10.0. The number of benzene rings is 1. The van der Waals surface area contributed by atoms with E-state index in [4.69, 9.17) is 11.6 Å². The number of nitrogens with zero attached hydrogens (tertiary/aromatic N) is 2. The van der Waals surface area contributed by atoms with Crippen molar-refractivity contribution < 1.29 is 4.39 Å². The van der Waals surface area contributed by atoms with E-state index in [2.05, 4.69) is 20.6 Å². The summed E-state index contributed by atoms with van der Waals surface area (Å²) in [6.45, 7) is 1.22. The van der Waals surface area contributed by atoms with Crippen molar-refractivity contribution in [2.24, 2.45) is 0 Å². The molecular weight excluding hydrogens is 393 g/mol. The van der Waals surface area contributed by atoms with E-state index in [0.717, 1.165) is 28.2 Å². The van der Waals surface area contributed by atoms with Gasteiger partial charge in [-0.1, -0.05) is 11.6 Å². The van der Waals surface area contributed by atoms with Crippen molar-refractivity contribution in [3.05, 3.63) is 81.1 Å². The number of fused-ring (bicyclic) bond motifs is 2. The molecular formula is C21H17ClFN5O. The molecule has 4 heterocycles. The third kappa shape index (κ3) is 3.13. The predicted molar refractivity (Wildman–Crippen MR) is 113 cm³/mol. The van der Waals surface area contributed by atoms with Gasteiger partial charge in [0.1, 0.15) is 17.3 Å². The van der Waals surface area contributed by atoms with Crippen LogP contribution in [-0.2, 0) is 13.0 Å². The van der Waals surface area contributed by atoms with E-state index in [-0.39, 0.29) is 17.8 Å². The summed E-state index contributed by atoms with van der Waals surface area (Å²) in [6, 6.07) is 9.98. The van der Waals surface area contributed by atoms with Crippen molar-refractivity contribution in [2.45, 2.75) is 13.0 Å². The van der Waals surface area contributed by atoms with Crippen molar-refractivity contribution in [3.8, 4) is 0 Å². The van der Waals surface area contributed by atoms with Crippen molar-refractivity contribution in [1.29, 1.82) is 0 Å². The number of H-pyrrole nitrogens is 1. The number of anilines is 3. The van der Waals surface area contributed by atoms with Crippen LogP contribution in [0.2, 0.25) is 5.02 Å². The first-order valence-electron chi connectivity index (χ1n) is 9.24. The van der Waals surface area contributed by atoms with Crippen molar-refractivity contribution >= 4 is 39.8 Å². The predicted octanol–water partition coefficient (Wildman–Crippen LogP) is 4.28. The van der Waals surface area contributed by atoms with Crippen molar-refractivity contribution in [2.75, 3.05) is 17.2 Å². The van der Waals surface area contributed by atoms with Gasteiger partial charge in [0.05, 0.1) is 11.4 Å². The number of rotatable bonds is 4. The average molecular weight is 410 g/mol. The second-order valence-corrected chi connectivity index (χ2v) is 7.39. The molecule has 3 N–H and O–H groups in total. The highest BCUT2D eigenvalue weighted by molar-refractivity contribution is 6.30. The third-order valence-electron chi connectivity index (χ3n) is 5.11. The highest BCUT2D eigenvalue weighted by Gasteiger charge is 2.20. The standard InChI is InChI=1S/C21H17ClFN5O/c22-14-1-2-16(23)12(10-14)9-13-11-18(20-26-7-8-28(20)21(13)29)27-17-4-6-25-19-15(17)3-5-24-19/h1-6,10-11,26H,7-9H2,(H2,24,25,27). The molecule has 3 aromatic heterocycles. The van der Waals surface area contributed by atoms with E-state index in [1.54, 1.807) is 22.9 Å². The number of aromatic amines is 1. The molecule has 8 heteroatoms. The van der Waals surface area contributed by atoms with Crippen LogP contribution >= 0.6 is 11.6 Å². The molecule has 6 nitrogen and oxygen atoms in total. The number of aromatic nitrogens is 3. The molecule has 4 aromatic rings. The fourth-order valence-corrected chi connectivity index (χ4v) is 3.93. The normalized spacial score (nSPS) is 12.8. The molecule has 0 aliphatic carbocycles. The molecule has 0 spiro atoms. The fourth-order valence-electron chi connectivity index (χ4n) is 3.74. The first kappa shape index (κ1) is 17.8. The van der Waals surface area contributed by atoms with Crippen LogP contribution in [0, 0.1) is 5.82 Å². The van der Waals surface area contributed by atoms with E-state index < -0.39 is 0 Å². The maximum atomic E-state index is 14.2. The van der Waals surface area contributed by atoms with Crippen LogP contribution in [0.3, 0.4) is 0 Å². The lowest BCUT2D eigenvalue weighted by Crippen LogP contribution is -2.23. The van der Waals surface area contributed by atoms with Crippen LogP contribution in [0.15, 0.2) is 53.6 Å². The summed E-state index contributed by atoms with van der Waals surface area (Å²) >= 11 is 6.02. The zero-order chi connectivity index (χ0) is 20.0. The molecule has 1 aliphatic rings. The number of hydrogen-bond donors (Lipinski definition) is 3. The lowest BCUT2D eigenvalue weighted by molar-refractivity contribution is 0.613. The summed E-state index contributed by atoms with van der Waals surface area (Å²) in [5.41, 5.74) is 3.16. The summed E-state index contributed by atoms with van der Waals surface area (Å²) in [6.07, 6.45) is 3.71. The molecule has 0 radical (unpaired) electrons. The Balaban J connectivity index is 1.60. The Morgan fingerprint density at radius 3 is 2.97 bits per heavy atom. The molecule has 29 heavy (non-hydrogen) atoms. The van der Waals surface area contributed by atoms with Crippen LogP contribution in [0.1, 0.15) is 11.1 Å². The van der Waals surface area contributed by atoms with Crippen molar-refractivity contribution in [3.63, 3.8) is 0 Å². The van der Waals surface area contributed by atoms with E-state index in [1.807, 2.05) is 18.3 Å². The maximum absolute atomic E-state index is 14.2. The van der Waals surface area contributed by atoms with Gasteiger partial charge in [-0.15, -0.1) is 0 Å². The van der Waals surface area contributed by atoms with E-state index >= 15 is 0 Å². The third-order valence-corrected chi connectivity index (χ3v) is 5.34. The molecule has 0 atom stereocenters. The van der Waals surface area contributed by atoms with Gasteiger partial charge in [-0.05, 0) is 42.0 Å². The van der Waals surface area contributed by atoms with Gasteiger partial charge in [0.15, 0.2) is 0 Å². The Morgan fingerprint density at radius 1 is 1.17 bits per heavy atom. The Labute approximate surface area is 170 Å². The second-order valence-electron chi connectivity index (χ2n) is 6.95. The second kappa shape index (κ2) is 6.93. The van der Waals surface area contributed by atoms with Gasteiger partial charge in [0.25, 0.3) is 5.56 Å². The van der Waals surface area contributed by atoms with Crippen LogP contribution in [0.4, 0.5) is 21.6 Å². The van der Waals surface area contributed by atoms with Gasteiger partial charge < -0.3 is 15.6 Å². The quantitative estimate of drug-likeness (QED) is 0.470. The Bertz CT molecular complexity index is 1300. The van der Waals surface area contributed by atoms with Gasteiger partial charge in [-0.25, -0.2) is 9.37 Å². The minimum absolute atomic E-state index is 0.128. The topological polar surface area (TPSA) is 74.7 Å². The Kier molecular flexibility index (Phi) is 4.24. The van der Waals surface area contributed by atoms with Crippen LogP contribution in [0.25, 0.3) is 11.0 Å². The average Bonchev–Trinajstić information content (AvgIpc) is 3.38. The number of nitrogens with one attached hydrogen (secondary N) is 3. The maximum Gasteiger partial charge on any atom is 0.255 e. The van der Waals surface area contributed by atoms with Crippen LogP contribution in [0.5, 0.6) is 0 Å². The number of hydrogen-bond acceptors (Lipinski definition) is 4. The first-order valence-corrected chi connectivity index (χ1v) is 9.61. The molecule has 0 bridgehead atoms. The molecule has 0 saturated heterocycles. The fraction of sp³-hybridized carbons (Fsp3) is 0.143. The smallest absolute Gasteiger partial charge is 0.255 e. The largest absolute Gasteiger partial charge is 0.368 e. The molecule has 1 aliphatic heterocycles. The molecule has 0 saturated carbocycles. The van der Waals surface area contributed by atoms with E-state index in [0.29, 0.717) is 29.2 Å². The minimum atomic E-state index is -0.380. The molecule has 0 unspecified atom stereocenters. The molecule has 0 amide bonds. The SMILES string of the molecule is O=c1c(Cc2cc(Cl)ccc2F)cc(Nc2ccnc3[nH]ccc23)c2n1CCN2. The monoisotopic (exact) mass is 409 g/mol. The Morgan fingerprint density at radius 2 is 2.07 bits per heavy atom. The van der Waals surface area contributed by atoms with Crippen LogP contribution in [-0.4, -0.2) is 21.1 Å². The van der Waals surface area contributed by atoms with E-state index in [1.165, 1.54) is 12.1 Å². The first-order chi connectivity index (χ1) is 14.1. The highest BCUT2D eigenvalue weighted by Crippen LogP contribution is 2.31. The summed E-state index contributed by atoms with van der Waals surface area (Å²) in [4.78, 5) is 20.3. The van der Waals surface area contributed by atoms with Crippen LogP contribution < -0.4 is 16.2 Å². The van der Waals surface area contributed by atoms with Gasteiger partial charge in [0.2, 0.25) is 0 Å². The van der Waals surface area contributed by atoms with Crippen molar-refractivity contribution in [1.82, 2.24) is 14.5 Å². The highest BCUT2D eigenvalue weighted by atomic mass is 35.5. The zero-order valence-corrected chi connectivity index (χ0v) is 16.1. The molecule has 0 fully saturated rings.